The van der Waals surface area contributed by atoms with Gasteiger partial charge < -0.3 is 13.7 Å². The molecule has 3 heteroatoms. The van der Waals surface area contributed by atoms with Gasteiger partial charge in [0.05, 0.1) is 33.1 Å². The zero-order chi connectivity index (χ0) is 42.3. The number of rotatable bonds is 4. The maximum atomic E-state index is 2.47. The van der Waals surface area contributed by atoms with Crippen LogP contribution in [0.3, 0.4) is 0 Å². The molecule has 0 atom stereocenters. The lowest BCUT2D eigenvalue weighted by Gasteiger charge is -2.26. The van der Waals surface area contributed by atoms with Gasteiger partial charge in [-0.3, -0.25) is 0 Å². The van der Waals surface area contributed by atoms with E-state index in [0.717, 1.165) is 17.1 Å². The molecule has 3 nitrogen and oxygen atoms in total. The highest BCUT2D eigenvalue weighted by Gasteiger charge is 2.25. The van der Waals surface area contributed by atoms with E-state index in [2.05, 4.69) is 238 Å². The third-order valence-electron chi connectivity index (χ3n) is 14.3. The van der Waals surface area contributed by atoms with E-state index in [4.69, 9.17) is 0 Å². The van der Waals surface area contributed by atoms with Crippen molar-refractivity contribution >= 4 is 87.0 Å². The summed E-state index contributed by atoms with van der Waals surface area (Å²) >= 11 is 0. The van der Waals surface area contributed by atoms with Crippen LogP contribution in [0.25, 0.3) is 137 Å². The predicted octanol–water partition coefficient (Wildman–Crippen LogP) is 16.6. The summed E-state index contributed by atoms with van der Waals surface area (Å²) in [4.78, 5) is 0. The highest BCUT2D eigenvalue weighted by molar-refractivity contribution is 6.15. The maximum Gasteiger partial charge on any atom is 0.0542 e. The molecule has 15 rings (SSSR count). The van der Waals surface area contributed by atoms with Gasteiger partial charge in [-0.1, -0.05) is 121 Å². The van der Waals surface area contributed by atoms with Gasteiger partial charge >= 0.3 is 0 Å². The van der Waals surface area contributed by atoms with Gasteiger partial charge in [-0.15, -0.1) is 0 Å². The second-order valence-corrected chi connectivity index (χ2v) is 17.7. The average molecular weight is 824 g/mol. The van der Waals surface area contributed by atoms with E-state index in [9.17, 15) is 0 Å². The van der Waals surface area contributed by atoms with Gasteiger partial charge in [0, 0.05) is 49.4 Å². The van der Waals surface area contributed by atoms with Crippen LogP contribution in [0.15, 0.2) is 224 Å². The van der Waals surface area contributed by atoms with Crippen molar-refractivity contribution in [2.45, 2.75) is 0 Å². The van der Waals surface area contributed by atoms with Gasteiger partial charge in [0.1, 0.15) is 0 Å². The lowest BCUT2D eigenvalue weighted by atomic mass is 9.77. The zero-order valence-electron chi connectivity index (χ0n) is 35.2. The van der Waals surface area contributed by atoms with Gasteiger partial charge in [-0.2, -0.15) is 0 Å². The van der Waals surface area contributed by atoms with Crippen LogP contribution >= 0.6 is 0 Å². The molecule has 0 amide bonds. The molecular formula is C62H37N3. The lowest BCUT2D eigenvalue weighted by Crippen LogP contribution is -2.00. The Bertz CT molecular complexity index is 4070. The van der Waals surface area contributed by atoms with Crippen LogP contribution in [0.5, 0.6) is 0 Å². The molecule has 0 bridgehead atoms. The Kier molecular flexibility index (Phi) is 6.95. The summed E-state index contributed by atoms with van der Waals surface area (Å²) in [6, 6.07) is 83.3. The molecular weight excluding hydrogens is 787 g/mol. The first-order valence-corrected chi connectivity index (χ1v) is 22.5. The standard InChI is InChI=1S/C62H37N3/c1-2-12-38(13-3-1)39-22-23-40-32-51-53(34-42(40)30-39)52-33-41-24-25-44(31-43(41)35-54(51)52)63-61-28-26-45(64-57-18-8-4-14-47(57)48-15-5-9-19-58(48)64)36-55(61)56-37-46(27-29-62(56)63)65-59-20-10-6-16-49(59)50-17-7-11-21-60(50)65/h1-37H. The first kappa shape index (κ1) is 34.9. The Morgan fingerprint density at radius 2 is 0.554 bits per heavy atom. The molecule has 0 saturated carbocycles. The third kappa shape index (κ3) is 4.90. The smallest absolute Gasteiger partial charge is 0.0542 e. The molecule has 1 aliphatic rings. The number of nitrogens with zero attached hydrogens (tertiary/aromatic N) is 3. The SMILES string of the molecule is c1ccc(-c2ccc3cc4c(cc3c2)-c2cc3ccc(-n5c6ccc(-n7c8ccccc8c8ccccc87)cc6c6cc(-n7c8ccccc8c8ccccc87)ccc65)cc3cc2-4)cc1. The minimum absolute atomic E-state index is 1.15. The van der Waals surface area contributed by atoms with E-state index >= 15 is 0 Å². The van der Waals surface area contributed by atoms with Crippen LogP contribution in [-0.2, 0) is 0 Å². The summed E-state index contributed by atoms with van der Waals surface area (Å²) in [5, 5.41) is 12.5. The van der Waals surface area contributed by atoms with Crippen molar-refractivity contribution in [1.82, 2.24) is 13.7 Å². The quantitative estimate of drug-likeness (QED) is 0.168. The summed E-state index contributed by atoms with van der Waals surface area (Å²) in [6.45, 7) is 0. The Morgan fingerprint density at radius 1 is 0.200 bits per heavy atom. The van der Waals surface area contributed by atoms with Crippen molar-refractivity contribution in [3.63, 3.8) is 0 Å². The first-order valence-electron chi connectivity index (χ1n) is 22.5. The van der Waals surface area contributed by atoms with Gasteiger partial charge in [0.2, 0.25) is 0 Å². The average Bonchev–Trinajstić information content (AvgIpc) is 4.00. The number of benzene rings is 11. The predicted molar refractivity (Wildman–Crippen MR) is 274 cm³/mol. The van der Waals surface area contributed by atoms with Crippen LogP contribution in [0, 0.1) is 0 Å². The second kappa shape index (κ2) is 12.9. The number of para-hydroxylation sites is 4. The Morgan fingerprint density at radius 3 is 1.03 bits per heavy atom. The summed E-state index contributed by atoms with van der Waals surface area (Å²) in [6.07, 6.45) is 0. The van der Waals surface area contributed by atoms with E-state index in [-0.39, 0.29) is 0 Å². The van der Waals surface area contributed by atoms with Gasteiger partial charge in [-0.05, 0) is 158 Å². The van der Waals surface area contributed by atoms with Crippen LogP contribution in [0.1, 0.15) is 0 Å². The van der Waals surface area contributed by atoms with Crippen LogP contribution in [0.4, 0.5) is 0 Å². The van der Waals surface area contributed by atoms with Crippen LogP contribution < -0.4 is 0 Å². The first-order chi connectivity index (χ1) is 32.2. The van der Waals surface area contributed by atoms with E-state index in [1.165, 1.54) is 120 Å². The highest BCUT2D eigenvalue weighted by atomic mass is 15.0. The molecule has 300 valence electrons. The van der Waals surface area contributed by atoms with Crippen LogP contribution in [0.2, 0.25) is 0 Å². The van der Waals surface area contributed by atoms with Crippen LogP contribution in [-0.4, -0.2) is 13.7 Å². The largest absolute Gasteiger partial charge is 0.309 e. The monoisotopic (exact) mass is 823 g/mol. The second-order valence-electron chi connectivity index (χ2n) is 17.7. The Hall–Kier alpha value is -8.66. The summed E-state index contributed by atoms with van der Waals surface area (Å²) in [7, 11) is 0. The van der Waals surface area contributed by atoms with Crippen molar-refractivity contribution < 1.29 is 0 Å². The molecule has 0 fully saturated rings. The molecule has 1 aliphatic carbocycles. The van der Waals surface area contributed by atoms with Crippen molar-refractivity contribution in [3.8, 4) is 50.4 Å². The normalized spacial score (nSPS) is 12.3. The highest BCUT2D eigenvalue weighted by Crippen LogP contribution is 2.51. The molecule has 11 aromatic carbocycles. The molecule has 3 aromatic heterocycles. The maximum absolute atomic E-state index is 2.47. The molecule has 0 unspecified atom stereocenters. The molecule has 14 aromatic rings. The number of aromatic nitrogens is 3. The van der Waals surface area contributed by atoms with E-state index < -0.39 is 0 Å². The minimum Gasteiger partial charge on any atom is -0.309 e. The molecule has 65 heavy (non-hydrogen) atoms. The van der Waals surface area contributed by atoms with Crippen molar-refractivity contribution in [2.75, 3.05) is 0 Å². The molecule has 0 spiro atoms. The summed E-state index contributed by atoms with van der Waals surface area (Å²) in [5.41, 5.74) is 18.5. The molecule has 0 radical (unpaired) electrons. The summed E-state index contributed by atoms with van der Waals surface area (Å²) in [5.74, 6) is 0. The van der Waals surface area contributed by atoms with Gasteiger partial charge in [-0.25, -0.2) is 0 Å². The van der Waals surface area contributed by atoms with E-state index in [0.29, 0.717) is 0 Å². The van der Waals surface area contributed by atoms with Gasteiger partial charge in [0.15, 0.2) is 0 Å². The fourth-order valence-corrected chi connectivity index (χ4v) is 11.3. The molecule has 0 N–H and O–H groups in total. The zero-order valence-corrected chi connectivity index (χ0v) is 35.2. The third-order valence-corrected chi connectivity index (χ3v) is 14.3. The van der Waals surface area contributed by atoms with Crippen molar-refractivity contribution in [3.05, 3.63) is 224 Å². The van der Waals surface area contributed by atoms with Crippen molar-refractivity contribution in [2.24, 2.45) is 0 Å². The molecule has 0 saturated heterocycles. The van der Waals surface area contributed by atoms with Crippen molar-refractivity contribution in [1.29, 1.82) is 0 Å². The van der Waals surface area contributed by atoms with E-state index in [1.807, 2.05) is 0 Å². The van der Waals surface area contributed by atoms with Gasteiger partial charge in [0.25, 0.3) is 0 Å². The Balaban J connectivity index is 0.928. The molecule has 0 aliphatic heterocycles. The fourth-order valence-electron chi connectivity index (χ4n) is 11.3. The minimum atomic E-state index is 1.15. The Labute approximate surface area is 373 Å². The molecule has 3 heterocycles. The number of hydrogen-bond acceptors (Lipinski definition) is 0. The fraction of sp³-hybridized carbons (Fsp3) is 0. The lowest BCUT2D eigenvalue weighted by molar-refractivity contribution is 1.16. The summed E-state index contributed by atoms with van der Waals surface area (Å²) < 4.78 is 7.34. The number of hydrogen-bond donors (Lipinski definition) is 0. The van der Waals surface area contributed by atoms with E-state index in [1.54, 1.807) is 0 Å². The number of fused-ring (bicyclic) bond motifs is 15. The topological polar surface area (TPSA) is 14.8 Å².